The minimum absolute atomic E-state index is 0.00709. The second-order valence-corrected chi connectivity index (χ2v) is 18.9. The number of carbonyl (C=O) groups excluding carboxylic acids is 2. The molecular weight excluding hydrogens is 767 g/mol. The molecule has 0 saturated heterocycles. The van der Waals surface area contributed by atoms with Gasteiger partial charge >= 0.3 is 5.97 Å². The van der Waals surface area contributed by atoms with Gasteiger partial charge in [-0.1, -0.05) is 250 Å². The maximum atomic E-state index is 12.4. The summed E-state index contributed by atoms with van der Waals surface area (Å²) in [6, 6.07) is -0.633. The third-order valence-electron chi connectivity index (χ3n) is 12.7. The predicted molar refractivity (Wildman–Crippen MR) is 269 cm³/mol. The van der Waals surface area contributed by atoms with Crippen molar-refractivity contribution in [2.45, 2.75) is 309 Å². The van der Waals surface area contributed by atoms with Crippen LogP contribution in [-0.2, 0) is 14.3 Å². The number of ether oxygens (including phenoxy) is 1. The third kappa shape index (κ3) is 47.8. The Kier molecular flexibility index (Phi) is 50.6. The van der Waals surface area contributed by atoms with Gasteiger partial charge in [0.25, 0.3) is 0 Å². The molecule has 0 aliphatic heterocycles. The fourth-order valence-electron chi connectivity index (χ4n) is 8.45. The summed E-state index contributed by atoms with van der Waals surface area (Å²) in [4.78, 5) is 24.5. The highest BCUT2D eigenvalue weighted by atomic mass is 16.5. The van der Waals surface area contributed by atoms with Gasteiger partial charge in [-0.05, 0) is 57.8 Å². The number of aliphatic hydroxyl groups excluding tert-OH is 2. The van der Waals surface area contributed by atoms with Crippen LogP contribution in [0.2, 0.25) is 0 Å². The Morgan fingerprint density at radius 2 is 0.758 bits per heavy atom. The number of esters is 1. The summed E-state index contributed by atoms with van der Waals surface area (Å²) in [5.74, 6) is -0.0809. The maximum absolute atomic E-state index is 12.4. The topological polar surface area (TPSA) is 95.9 Å². The molecule has 0 aromatic rings. The highest BCUT2D eigenvalue weighted by molar-refractivity contribution is 5.76. The van der Waals surface area contributed by atoms with Gasteiger partial charge in [-0.3, -0.25) is 9.59 Å². The third-order valence-corrected chi connectivity index (χ3v) is 12.7. The zero-order valence-electron chi connectivity index (χ0n) is 41.6. The van der Waals surface area contributed by atoms with Gasteiger partial charge in [0, 0.05) is 12.8 Å². The first kappa shape index (κ1) is 60.3. The number of allylic oxidation sites excluding steroid dienone is 3. The van der Waals surface area contributed by atoms with Crippen LogP contribution in [0.5, 0.6) is 0 Å². The molecule has 0 aliphatic rings. The maximum Gasteiger partial charge on any atom is 0.305 e. The number of carbonyl (C=O) groups is 2. The zero-order valence-corrected chi connectivity index (χ0v) is 41.6. The molecule has 0 aromatic carbocycles. The summed E-state index contributed by atoms with van der Waals surface area (Å²) in [5.41, 5.74) is 0. The monoisotopic (exact) mass is 874 g/mol. The van der Waals surface area contributed by atoms with Gasteiger partial charge in [-0.25, -0.2) is 0 Å². The van der Waals surface area contributed by atoms with Gasteiger partial charge in [0.2, 0.25) is 5.91 Å². The van der Waals surface area contributed by atoms with Crippen molar-refractivity contribution in [3.8, 4) is 0 Å². The number of amides is 1. The van der Waals surface area contributed by atoms with E-state index in [1.807, 2.05) is 6.08 Å². The number of hydrogen-bond donors (Lipinski definition) is 3. The summed E-state index contributed by atoms with van der Waals surface area (Å²) in [7, 11) is 0. The smallest absolute Gasteiger partial charge is 0.305 e. The van der Waals surface area contributed by atoms with E-state index in [4.69, 9.17) is 4.74 Å². The molecule has 2 atom stereocenters. The lowest BCUT2D eigenvalue weighted by Crippen LogP contribution is -2.45. The first-order valence-electron chi connectivity index (χ1n) is 27.6. The van der Waals surface area contributed by atoms with Crippen molar-refractivity contribution < 1.29 is 24.5 Å². The summed E-state index contributed by atoms with van der Waals surface area (Å²) < 4.78 is 5.46. The van der Waals surface area contributed by atoms with Gasteiger partial charge in [-0.15, -0.1) is 0 Å². The van der Waals surface area contributed by atoms with Crippen LogP contribution in [0.1, 0.15) is 296 Å². The Bertz CT molecular complexity index is 966. The van der Waals surface area contributed by atoms with Crippen molar-refractivity contribution in [2.24, 2.45) is 0 Å². The molecule has 0 heterocycles. The van der Waals surface area contributed by atoms with Gasteiger partial charge in [-0.2, -0.15) is 0 Å². The highest BCUT2D eigenvalue weighted by Crippen LogP contribution is 2.16. The van der Waals surface area contributed by atoms with E-state index in [9.17, 15) is 19.8 Å². The van der Waals surface area contributed by atoms with E-state index in [-0.39, 0.29) is 18.5 Å². The molecule has 3 N–H and O–H groups in total. The summed E-state index contributed by atoms with van der Waals surface area (Å²) >= 11 is 0. The molecule has 6 heteroatoms. The molecule has 2 unspecified atom stereocenters. The van der Waals surface area contributed by atoms with Crippen LogP contribution in [-0.4, -0.2) is 47.4 Å². The van der Waals surface area contributed by atoms with Crippen molar-refractivity contribution in [3.05, 3.63) is 24.3 Å². The van der Waals surface area contributed by atoms with Gasteiger partial charge in [0.05, 0.1) is 25.4 Å². The zero-order chi connectivity index (χ0) is 45.1. The van der Waals surface area contributed by atoms with E-state index in [2.05, 4.69) is 31.3 Å². The Hall–Kier alpha value is -1.66. The van der Waals surface area contributed by atoms with Crippen molar-refractivity contribution in [3.63, 3.8) is 0 Å². The number of rotatable bonds is 51. The quantitative estimate of drug-likeness (QED) is 0.0321. The first-order chi connectivity index (χ1) is 30.5. The Labute approximate surface area is 386 Å². The number of hydrogen-bond acceptors (Lipinski definition) is 5. The molecule has 6 nitrogen and oxygen atoms in total. The van der Waals surface area contributed by atoms with Crippen LogP contribution < -0.4 is 5.32 Å². The van der Waals surface area contributed by atoms with E-state index in [1.165, 1.54) is 225 Å². The second-order valence-electron chi connectivity index (χ2n) is 18.9. The minimum atomic E-state index is -0.849. The molecular formula is C56H107NO5. The SMILES string of the molecule is CCCCCC/C=C\CCCCCCCC(=O)OCCCCCCCCCCCCCCCCCCC(=O)NC(CO)C(O)/C=C/CCCCCCCCCCCCCCCC. The van der Waals surface area contributed by atoms with Crippen LogP contribution in [0.15, 0.2) is 24.3 Å². The normalized spacial score (nSPS) is 12.8. The van der Waals surface area contributed by atoms with Crippen LogP contribution in [0.25, 0.3) is 0 Å². The fourth-order valence-corrected chi connectivity index (χ4v) is 8.45. The molecule has 0 saturated carbocycles. The molecule has 0 aromatic heterocycles. The summed E-state index contributed by atoms with van der Waals surface area (Å²) in [5, 5.41) is 23.1. The number of aliphatic hydroxyl groups is 2. The average molecular weight is 874 g/mol. The molecule has 0 rings (SSSR count). The molecule has 1 amide bonds. The predicted octanol–water partition coefficient (Wildman–Crippen LogP) is 16.7. The summed E-state index contributed by atoms with van der Waals surface area (Å²) in [6.07, 6.45) is 61.8. The van der Waals surface area contributed by atoms with E-state index in [1.54, 1.807) is 6.08 Å². The molecule has 0 spiro atoms. The number of nitrogens with one attached hydrogen (secondary N) is 1. The Balaban J connectivity index is 3.46. The molecule has 0 fully saturated rings. The largest absolute Gasteiger partial charge is 0.466 e. The van der Waals surface area contributed by atoms with E-state index in [0.717, 1.165) is 44.9 Å². The van der Waals surface area contributed by atoms with Crippen LogP contribution in [0.3, 0.4) is 0 Å². The van der Waals surface area contributed by atoms with Gasteiger partial charge in [0.15, 0.2) is 0 Å². The minimum Gasteiger partial charge on any atom is -0.466 e. The van der Waals surface area contributed by atoms with E-state index in [0.29, 0.717) is 19.4 Å². The van der Waals surface area contributed by atoms with Crippen molar-refractivity contribution in [1.29, 1.82) is 0 Å². The molecule has 62 heavy (non-hydrogen) atoms. The van der Waals surface area contributed by atoms with Crippen LogP contribution >= 0.6 is 0 Å². The van der Waals surface area contributed by atoms with Crippen LogP contribution in [0.4, 0.5) is 0 Å². The van der Waals surface area contributed by atoms with Gasteiger partial charge < -0.3 is 20.3 Å². The lowest BCUT2D eigenvalue weighted by Gasteiger charge is -2.20. The summed E-state index contributed by atoms with van der Waals surface area (Å²) in [6.45, 7) is 4.88. The lowest BCUT2D eigenvalue weighted by molar-refractivity contribution is -0.143. The molecule has 0 aliphatic carbocycles. The molecule has 366 valence electrons. The lowest BCUT2D eigenvalue weighted by atomic mass is 10.0. The van der Waals surface area contributed by atoms with E-state index >= 15 is 0 Å². The van der Waals surface area contributed by atoms with E-state index < -0.39 is 12.1 Å². The highest BCUT2D eigenvalue weighted by Gasteiger charge is 2.18. The fraction of sp³-hybridized carbons (Fsp3) is 0.893. The van der Waals surface area contributed by atoms with Crippen LogP contribution in [0, 0.1) is 0 Å². The first-order valence-corrected chi connectivity index (χ1v) is 27.6. The second kappa shape index (κ2) is 52.0. The standard InChI is InChI=1S/C56H107NO5/c1-3-5-7-9-11-13-15-17-18-21-25-28-32-36-40-44-48-54(59)53(52-58)57-55(60)49-45-41-37-33-29-26-22-19-20-23-27-31-35-39-43-47-51-62-56(61)50-46-42-38-34-30-24-16-14-12-10-8-6-4-2/h14,16,44,48,53-54,58-59H,3-13,15,17-43,45-47,49-52H2,1-2H3,(H,57,60)/b16-14-,48-44+. The van der Waals surface area contributed by atoms with Crippen molar-refractivity contribution >= 4 is 11.9 Å². The molecule has 0 radical (unpaired) electrons. The average Bonchev–Trinajstić information content (AvgIpc) is 3.27. The van der Waals surface area contributed by atoms with Crippen molar-refractivity contribution in [2.75, 3.05) is 13.2 Å². The number of unbranched alkanes of at least 4 members (excludes halogenated alkanes) is 38. The molecule has 0 bridgehead atoms. The Morgan fingerprint density at radius 3 is 1.16 bits per heavy atom. The Morgan fingerprint density at radius 1 is 0.435 bits per heavy atom. The van der Waals surface area contributed by atoms with Crippen molar-refractivity contribution in [1.82, 2.24) is 5.32 Å². The van der Waals surface area contributed by atoms with Gasteiger partial charge in [0.1, 0.15) is 0 Å².